The van der Waals surface area contributed by atoms with E-state index in [4.69, 9.17) is 4.74 Å². The van der Waals surface area contributed by atoms with Crippen LogP contribution in [0.2, 0.25) is 0 Å². The number of carboxylic acids is 1. The third-order valence-electron chi connectivity index (χ3n) is 4.73. The second-order valence-corrected chi connectivity index (χ2v) is 6.55. The second kappa shape index (κ2) is 7.11. The van der Waals surface area contributed by atoms with Crippen LogP contribution in [0.4, 0.5) is 0 Å². The predicted octanol–water partition coefficient (Wildman–Crippen LogP) is 0.755. The van der Waals surface area contributed by atoms with Crippen LogP contribution in [0.3, 0.4) is 0 Å². The van der Waals surface area contributed by atoms with E-state index in [9.17, 15) is 14.7 Å². The first-order chi connectivity index (χ1) is 12.4. The average Bonchev–Trinajstić information content (AvgIpc) is 3.33. The Bertz CT molecular complexity index is 815. The third-order valence-corrected chi connectivity index (χ3v) is 4.73. The Hall–Kier alpha value is -2.97. The molecule has 0 saturated heterocycles. The van der Waals surface area contributed by atoms with E-state index in [1.807, 2.05) is 24.3 Å². The van der Waals surface area contributed by atoms with Gasteiger partial charge in [-0.2, -0.15) is 0 Å². The van der Waals surface area contributed by atoms with Crippen LogP contribution in [-0.2, 0) is 16.0 Å². The number of rotatable bonds is 8. The summed E-state index contributed by atoms with van der Waals surface area (Å²) >= 11 is 0. The lowest BCUT2D eigenvalue weighted by Gasteiger charge is -2.19. The summed E-state index contributed by atoms with van der Waals surface area (Å²) in [4.78, 5) is 24.1. The second-order valence-electron chi connectivity index (χ2n) is 6.55. The van der Waals surface area contributed by atoms with Gasteiger partial charge < -0.3 is 15.2 Å². The number of carboxylic acid groups (broad SMARTS) is 1. The van der Waals surface area contributed by atoms with Crippen LogP contribution in [0, 0.1) is 12.3 Å². The number of tetrazole rings is 1. The molecule has 0 spiro atoms. The van der Waals surface area contributed by atoms with Crippen molar-refractivity contribution in [2.45, 2.75) is 32.2 Å². The van der Waals surface area contributed by atoms with Gasteiger partial charge in [0, 0.05) is 13.0 Å². The maximum Gasteiger partial charge on any atom is 0.311 e. The number of carbonyl (C=O) groups is 2. The number of aliphatic carboxylic acids is 1. The summed E-state index contributed by atoms with van der Waals surface area (Å²) in [6.07, 6.45) is 1.51. The van der Waals surface area contributed by atoms with Crippen molar-refractivity contribution in [3.8, 4) is 5.75 Å². The lowest BCUT2D eigenvalue weighted by atomic mass is 10.0. The number of hydrogen-bond acceptors (Lipinski definition) is 6. The number of nitrogens with one attached hydrogen (secondary N) is 1. The Morgan fingerprint density at radius 3 is 2.77 bits per heavy atom. The van der Waals surface area contributed by atoms with E-state index in [0.29, 0.717) is 30.8 Å². The van der Waals surface area contributed by atoms with Gasteiger partial charge in [-0.05, 0) is 47.9 Å². The molecule has 1 aliphatic carbocycles. The number of aromatic nitrogens is 4. The number of ether oxygens (including phenoxy) is 1. The van der Waals surface area contributed by atoms with Gasteiger partial charge in [0.15, 0.2) is 0 Å². The fraction of sp³-hybridized carbons (Fsp3) is 0.471. The summed E-state index contributed by atoms with van der Waals surface area (Å²) in [5.41, 5.74) is 0.0602. The van der Waals surface area contributed by atoms with Gasteiger partial charge in [-0.1, -0.05) is 12.1 Å². The van der Waals surface area contributed by atoms with E-state index in [0.717, 1.165) is 5.56 Å². The smallest absolute Gasteiger partial charge is 0.311 e. The van der Waals surface area contributed by atoms with E-state index in [2.05, 4.69) is 20.8 Å². The number of amides is 1. The molecule has 9 heteroatoms. The summed E-state index contributed by atoms with van der Waals surface area (Å²) in [5, 5.41) is 23.4. The molecule has 9 nitrogen and oxygen atoms in total. The standard InChI is InChI=1S/C17H21N5O4/c1-11-19-20-21-22(11)14(9-12-4-3-5-13(8-12)26-2)15(23)18-10-17(6-7-17)16(24)25/h3-5,8,14H,6-7,9-10H2,1-2H3,(H,18,23)(H,24,25). The highest BCUT2D eigenvalue weighted by Gasteiger charge is 2.50. The summed E-state index contributed by atoms with van der Waals surface area (Å²) in [7, 11) is 1.58. The highest BCUT2D eigenvalue weighted by atomic mass is 16.5. The van der Waals surface area contributed by atoms with Crippen molar-refractivity contribution in [3.05, 3.63) is 35.7 Å². The van der Waals surface area contributed by atoms with E-state index < -0.39 is 17.4 Å². The topological polar surface area (TPSA) is 119 Å². The molecule has 1 amide bonds. The van der Waals surface area contributed by atoms with E-state index in [-0.39, 0.29) is 12.5 Å². The van der Waals surface area contributed by atoms with Crippen molar-refractivity contribution in [3.63, 3.8) is 0 Å². The molecule has 3 rings (SSSR count). The molecule has 2 N–H and O–H groups in total. The zero-order chi connectivity index (χ0) is 18.7. The van der Waals surface area contributed by atoms with Crippen molar-refractivity contribution in [1.82, 2.24) is 25.5 Å². The Morgan fingerprint density at radius 1 is 1.42 bits per heavy atom. The van der Waals surface area contributed by atoms with Crippen LogP contribution in [0.5, 0.6) is 5.75 Å². The number of aryl methyl sites for hydroxylation is 1. The summed E-state index contributed by atoms with van der Waals surface area (Å²) in [5.74, 6) is 0.0156. The van der Waals surface area contributed by atoms with Crippen LogP contribution in [0.25, 0.3) is 0 Å². The van der Waals surface area contributed by atoms with Gasteiger partial charge in [-0.3, -0.25) is 9.59 Å². The molecule has 1 aliphatic rings. The van der Waals surface area contributed by atoms with Gasteiger partial charge in [-0.25, -0.2) is 4.68 Å². The molecule has 1 saturated carbocycles. The van der Waals surface area contributed by atoms with Gasteiger partial charge >= 0.3 is 5.97 Å². The number of nitrogens with zero attached hydrogens (tertiary/aromatic N) is 4. The largest absolute Gasteiger partial charge is 0.497 e. The molecule has 0 aliphatic heterocycles. The van der Waals surface area contributed by atoms with Crippen molar-refractivity contribution in [2.75, 3.05) is 13.7 Å². The fourth-order valence-corrected chi connectivity index (χ4v) is 2.83. The first kappa shape index (κ1) is 17.8. The zero-order valence-electron chi connectivity index (χ0n) is 14.7. The summed E-state index contributed by atoms with van der Waals surface area (Å²) < 4.78 is 6.68. The lowest BCUT2D eigenvalue weighted by Crippen LogP contribution is -2.40. The number of methoxy groups -OCH3 is 1. The molecular weight excluding hydrogens is 338 g/mol. The molecule has 1 heterocycles. The molecule has 138 valence electrons. The van der Waals surface area contributed by atoms with Crippen LogP contribution >= 0.6 is 0 Å². The molecule has 1 aromatic heterocycles. The quantitative estimate of drug-likeness (QED) is 0.714. The average molecular weight is 359 g/mol. The number of carbonyl (C=O) groups excluding carboxylic acids is 1. The molecule has 1 aromatic carbocycles. The van der Waals surface area contributed by atoms with Crippen LogP contribution in [0.1, 0.15) is 30.3 Å². The van der Waals surface area contributed by atoms with Gasteiger partial charge in [0.05, 0.1) is 12.5 Å². The highest BCUT2D eigenvalue weighted by Crippen LogP contribution is 2.45. The highest BCUT2D eigenvalue weighted by molar-refractivity contribution is 5.83. The maximum absolute atomic E-state index is 12.8. The van der Waals surface area contributed by atoms with Gasteiger partial charge in [0.25, 0.3) is 0 Å². The molecule has 1 unspecified atom stereocenters. The minimum atomic E-state index is -0.874. The normalized spacial score (nSPS) is 15.9. The Kier molecular flexibility index (Phi) is 4.88. The molecule has 1 fully saturated rings. The van der Waals surface area contributed by atoms with E-state index >= 15 is 0 Å². The lowest BCUT2D eigenvalue weighted by molar-refractivity contribution is -0.143. The van der Waals surface area contributed by atoms with Gasteiger partial charge in [-0.15, -0.1) is 5.10 Å². The number of hydrogen-bond donors (Lipinski definition) is 2. The number of benzene rings is 1. The first-order valence-corrected chi connectivity index (χ1v) is 8.34. The van der Waals surface area contributed by atoms with Crippen LogP contribution < -0.4 is 10.1 Å². The van der Waals surface area contributed by atoms with Crippen LogP contribution in [-0.4, -0.2) is 50.8 Å². The maximum atomic E-state index is 12.8. The van der Waals surface area contributed by atoms with E-state index in [1.165, 1.54) is 4.68 Å². The minimum absolute atomic E-state index is 0.108. The molecule has 0 bridgehead atoms. The van der Waals surface area contributed by atoms with Gasteiger partial charge in [0.2, 0.25) is 5.91 Å². The summed E-state index contributed by atoms with van der Waals surface area (Å²) in [6.45, 7) is 1.82. The van der Waals surface area contributed by atoms with E-state index in [1.54, 1.807) is 14.0 Å². The van der Waals surface area contributed by atoms with Crippen molar-refractivity contribution in [1.29, 1.82) is 0 Å². The zero-order valence-corrected chi connectivity index (χ0v) is 14.7. The minimum Gasteiger partial charge on any atom is -0.497 e. The van der Waals surface area contributed by atoms with Crippen molar-refractivity contribution in [2.24, 2.45) is 5.41 Å². The molecular formula is C17H21N5O4. The van der Waals surface area contributed by atoms with Gasteiger partial charge in [0.1, 0.15) is 17.6 Å². The first-order valence-electron chi connectivity index (χ1n) is 8.34. The Labute approximate surface area is 150 Å². The van der Waals surface area contributed by atoms with Crippen LogP contribution in [0.15, 0.2) is 24.3 Å². The Morgan fingerprint density at radius 2 is 2.19 bits per heavy atom. The molecule has 2 aromatic rings. The molecule has 1 atom stereocenters. The van der Waals surface area contributed by atoms with Crippen molar-refractivity contribution < 1.29 is 19.4 Å². The summed E-state index contributed by atoms with van der Waals surface area (Å²) in [6, 6.07) is 6.73. The molecule has 26 heavy (non-hydrogen) atoms. The van der Waals surface area contributed by atoms with Crippen molar-refractivity contribution >= 4 is 11.9 Å². The SMILES string of the molecule is COc1cccc(CC(C(=O)NCC2(C(=O)O)CC2)n2nnnc2C)c1. The third kappa shape index (κ3) is 3.66. The monoisotopic (exact) mass is 359 g/mol. The fourth-order valence-electron chi connectivity index (χ4n) is 2.83. The molecule has 0 radical (unpaired) electrons. The predicted molar refractivity (Wildman–Crippen MR) is 90.6 cm³/mol. The Balaban J connectivity index is 1.78.